The zero-order valence-corrected chi connectivity index (χ0v) is 10.6. The highest BCUT2D eigenvalue weighted by Crippen LogP contribution is 2.42. The molecule has 3 heteroatoms. The van der Waals surface area contributed by atoms with Gasteiger partial charge in [0.15, 0.2) is 0 Å². The second kappa shape index (κ2) is 5.83. The van der Waals surface area contributed by atoms with Crippen LogP contribution >= 0.6 is 0 Å². The van der Waals surface area contributed by atoms with Crippen molar-refractivity contribution in [1.29, 1.82) is 0 Å². The van der Waals surface area contributed by atoms with Crippen molar-refractivity contribution >= 4 is 0 Å². The van der Waals surface area contributed by atoms with Gasteiger partial charge in [0, 0.05) is 18.6 Å². The van der Waals surface area contributed by atoms with Crippen LogP contribution in [0.1, 0.15) is 33.6 Å². The Balaban J connectivity index is 2.08. The molecule has 2 unspecified atom stereocenters. The summed E-state index contributed by atoms with van der Waals surface area (Å²) in [5.74, 6) is 0. The van der Waals surface area contributed by atoms with E-state index in [1.54, 1.807) is 0 Å². The molecule has 0 aliphatic heterocycles. The van der Waals surface area contributed by atoms with Crippen LogP contribution in [0.4, 0.5) is 0 Å². The molecule has 0 spiro atoms. The minimum Gasteiger partial charge on any atom is -0.381 e. The largest absolute Gasteiger partial charge is 0.381 e. The first-order chi connectivity index (χ1) is 7.12. The van der Waals surface area contributed by atoms with E-state index in [0.717, 1.165) is 26.1 Å². The fourth-order valence-electron chi connectivity index (χ4n) is 2.30. The lowest BCUT2D eigenvalue weighted by Gasteiger charge is -2.51. The van der Waals surface area contributed by atoms with Crippen LogP contribution in [0.2, 0.25) is 0 Å². The van der Waals surface area contributed by atoms with Crippen molar-refractivity contribution in [1.82, 2.24) is 10.6 Å². The normalized spacial score (nSPS) is 28.8. The third-order valence-corrected chi connectivity index (χ3v) is 3.63. The molecule has 0 bridgehead atoms. The molecule has 0 aromatic carbocycles. The predicted molar refractivity (Wildman–Crippen MR) is 64.1 cm³/mol. The van der Waals surface area contributed by atoms with Gasteiger partial charge in [-0.05, 0) is 32.5 Å². The summed E-state index contributed by atoms with van der Waals surface area (Å²) in [4.78, 5) is 0. The van der Waals surface area contributed by atoms with Gasteiger partial charge in [-0.2, -0.15) is 0 Å². The van der Waals surface area contributed by atoms with Crippen LogP contribution < -0.4 is 10.6 Å². The first kappa shape index (κ1) is 12.9. The molecule has 15 heavy (non-hydrogen) atoms. The summed E-state index contributed by atoms with van der Waals surface area (Å²) in [5.41, 5.74) is 0.299. The fraction of sp³-hybridized carbons (Fsp3) is 1.00. The van der Waals surface area contributed by atoms with Gasteiger partial charge in [-0.15, -0.1) is 0 Å². The summed E-state index contributed by atoms with van der Waals surface area (Å²) < 4.78 is 5.42. The van der Waals surface area contributed by atoms with E-state index >= 15 is 0 Å². The minimum absolute atomic E-state index is 0.299. The highest BCUT2D eigenvalue weighted by molar-refractivity contribution is 5.02. The van der Waals surface area contributed by atoms with Gasteiger partial charge < -0.3 is 15.4 Å². The molecule has 90 valence electrons. The summed E-state index contributed by atoms with van der Waals surface area (Å²) in [7, 11) is 1.81. The Morgan fingerprint density at radius 2 is 2.07 bits per heavy atom. The predicted octanol–water partition coefficient (Wildman–Crippen LogP) is 1.39. The van der Waals surface area contributed by atoms with Crippen molar-refractivity contribution in [2.24, 2.45) is 5.41 Å². The lowest BCUT2D eigenvalue weighted by molar-refractivity contribution is -0.0972. The fourth-order valence-corrected chi connectivity index (χ4v) is 2.30. The molecule has 0 aromatic rings. The number of nitrogens with one attached hydrogen (secondary N) is 2. The van der Waals surface area contributed by atoms with Crippen molar-refractivity contribution < 1.29 is 4.74 Å². The molecule has 2 atom stereocenters. The van der Waals surface area contributed by atoms with Gasteiger partial charge in [-0.1, -0.05) is 20.8 Å². The van der Waals surface area contributed by atoms with Crippen LogP contribution in [0.15, 0.2) is 0 Å². The van der Waals surface area contributed by atoms with E-state index in [1.165, 1.54) is 6.42 Å². The monoisotopic (exact) mass is 214 g/mol. The molecule has 1 rings (SSSR count). The van der Waals surface area contributed by atoms with Crippen molar-refractivity contribution in [2.75, 3.05) is 26.7 Å². The lowest BCUT2D eigenvalue weighted by atomic mass is 9.64. The van der Waals surface area contributed by atoms with Gasteiger partial charge in [0.1, 0.15) is 0 Å². The number of hydrogen-bond acceptors (Lipinski definition) is 3. The van der Waals surface area contributed by atoms with Crippen molar-refractivity contribution in [3.8, 4) is 0 Å². The van der Waals surface area contributed by atoms with Crippen molar-refractivity contribution in [3.63, 3.8) is 0 Å². The van der Waals surface area contributed by atoms with E-state index in [1.807, 2.05) is 7.11 Å². The molecule has 0 radical (unpaired) electrons. The molecule has 3 nitrogen and oxygen atoms in total. The van der Waals surface area contributed by atoms with Crippen LogP contribution in [-0.2, 0) is 4.74 Å². The summed E-state index contributed by atoms with van der Waals surface area (Å²) >= 11 is 0. The number of hydrogen-bond donors (Lipinski definition) is 2. The smallest absolute Gasteiger partial charge is 0.0652 e. The Kier molecular flexibility index (Phi) is 5.03. The standard InChI is InChI=1S/C12H26N2O/c1-5-13-7-6-8-14-10-9-11(15-4)12(10,2)3/h10-11,13-14H,5-9H2,1-4H3. The van der Waals surface area contributed by atoms with Gasteiger partial charge in [0.2, 0.25) is 0 Å². The summed E-state index contributed by atoms with van der Waals surface area (Å²) in [6.45, 7) is 10.0. The number of methoxy groups -OCH3 is 1. The second-order valence-corrected chi connectivity index (χ2v) is 5.00. The van der Waals surface area contributed by atoms with E-state index in [-0.39, 0.29) is 0 Å². The zero-order chi connectivity index (χ0) is 11.3. The maximum atomic E-state index is 5.42. The average Bonchev–Trinajstić information content (AvgIpc) is 2.21. The number of rotatable bonds is 7. The lowest BCUT2D eigenvalue weighted by Crippen LogP contribution is -2.60. The Bertz CT molecular complexity index is 182. The summed E-state index contributed by atoms with van der Waals surface area (Å²) in [5, 5.41) is 6.95. The van der Waals surface area contributed by atoms with E-state index in [9.17, 15) is 0 Å². The van der Waals surface area contributed by atoms with Crippen LogP contribution in [0, 0.1) is 5.41 Å². The molecular weight excluding hydrogens is 188 g/mol. The van der Waals surface area contributed by atoms with Gasteiger partial charge in [-0.3, -0.25) is 0 Å². The van der Waals surface area contributed by atoms with E-state index in [2.05, 4.69) is 31.4 Å². The van der Waals surface area contributed by atoms with Gasteiger partial charge in [0.05, 0.1) is 6.10 Å². The molecule has 0 amide bonds. The minimum atomic E-state index is 0.299. The van der Waals surface area contributed by atoms with Gasteiger partial charge in [0.25, 0.3) is 0 Å². The Morgan fingerprint density at radius 3 is 2.60 bits per heavy atom. The van der Waals surface area contributed by atoms with Crippen LogP contribution in [-0.4, -0.2) is 38.9 Å². The second-order valence-electron chi connectivity index (χ2n) is 5.00. The van der Waals surface area contributed by atoms with Crippen molar-refractivity contribution in [2.45, 2.75) is 45.8 Å². The highest BCUT2D eigenvalue weighted by atomic mass is 16.5. The third-order valence-electron chi connectivity index (χ3n) is 3.63. The highest BCUT2D eigenvalue weighted by Gasteiger charge is 2.47. The third kappa shape index (κ3) is 3.16. The number of ether oxygens (including phenoxy) is 1. The molecular formula is C12H26N2O. The molecule has 0 saturated heterocycles. The Hall–Kier alpha value is -0.120. The molecule has 2 N–H and O–H groups in total. The molecule has 1 saturated carbocycles. The first-order valence-corrected chi connectivity index (χ1v) is 6.09. The van der Waals surface area contributed by atoms with Gasteiger partial charge in [-0.25, -0.2) is 0 Å². The van der Waals surface area contributed by atoms with Crippen LogP contribution in [0.3, 0.4) is 0 Å². The summed E-state index contributed by atoms with van der Waals surface area (Å²) in [6, 6.07) is 0.629. The maximum Gasteiger partial charge on any atom is 0.0652 e. The van der Waals surface area contributed by atoms with E-state index < -0.39 is 0 Å². The van der Waals surface area contributed by atoms with E-state index in [4.69, 9.17) is 4.74 Å². The molecule has 0 heterocycles. The molecule has 0 aromatic heterocycles. The molecule has 1 fully saturated rings. The Morgan fingerprint density at radius 1 is 1.33 bits per heavy atom. The molecule has 1 aliphatic rings. The topological polar surface area (TPSA) is 33.3 Å². The van der Waals surface area contributed by atoms with Gasteiger partial charge >= 0.3 is 0 Å². The maximum absolute atomic E-state index is 5.42. The molecule has 1 aliphatic carbocycles. The first-order valence-electron chi connectivity index (χ1n) is 6.09. The zero-order valence-electron chi connectivity index (χ0n) is 10.6. The SMILES string of the molecule is CCNCCCNC1CC(OC)C1(C)C. The Labute approximate surface area is 94.0 Å². The van der Waals surface area contributed by atoms with E-state index in [0.29, 0.717) is 17.6 Å². The average molecular weight is 214 g/mol. The quantitative estimate of drug-likeness (QED) is 0.628. The van der Waals surface area contributed by atoms with Crippen molar-refractivity contribution in [3.05, 3.63) is 0 Å². The summed E-state index contributed by atoms with van der Waals surface area (Å²) in [6.07, 6.45) is 2.80. The van der Waals surface area contributed by atoms with Crippen LogP contribution in [0.25, 0.3) is 0 Å². The van der Waals surface area contributed by atoms with Crippen LogP contribution in [0.5, 0.6) is 0 Å².